The quantitative estimate of drug-likeness (QED) is 0.410. The Morgan fingerprint density at radius 1 is 1.03 bits per heavy atom. The average molecular weight is 424 g/mol. The molecule has 4 rings (SSSR count). The van der Waals surface area contributed by atoms with Crippen molar-refractivity contribution in [2.24, 2.45) is 0 Å². The second-order valence-electron chi connectivity index (χ2n) is 8.31. The van der Waals surface area contributed by atoms with Gasteiger partial charge in [0.25, 0.3) is 0 Å². The molecule has 0 saturated carbocycles. The van der Waals surface area contributed by atoms with Gasteiger partial charge in [-0.15, -0.1) is 0 Å². The first-order valence-electron chi connectivity index (χ1n) is 10.5. The van der Waals surface area contributed by atoms with Crippen LogP contribution in [0.15, 0.2) is 51.7 Å². The molecule has 0 bridgehead atoms. The first kappa shape index (κ1) is 21.2. The Kier molecular flexibility index (Phi) is 5.92. The second-order valence-corrected chi connectivity index (χ2v) is 8.31. The SMILES string of the molecule is COc1ccc(CCCO[C@@H]2Cc3cc4ccc(=O)oc4cc3OC2(C)C)cc1OC. The summed E-state index contributed by atoms with van der Waals surface area (Å²) in [4.78, 5) is 11.5. The van der Waals surface area contributed by atoms with Gasteiger partial charge in [-0.25, -0.2) is 4.79 Å². The highest BCUT2D eigenvalue weighted by molar-refractivity contribution is 5.79. The van der Waals surface area contributed by atoms with Crippen molar-refractivity contribution in [1.82, 2.24) is 0 Å². The van der Waals surface area contributed by atoms with E-state index in [1.165, 1.54) is 11.6 Å². The summed E-state index contributed by atoms with van der Waals surface area (Å²) in [5, 5.41) is 0.883. The molecule has 1 aliphatic rings. The van der Waals surface area contributed by atoms with Gasteiger partial charge in [0, 0.05) is 30.5 Å². The van der Waals surface area contributed by atoms with Gasteiger partial charge in [0.1, 0.15) is 23.0 Å². The Balaban J connectivity index is 1.40. The maximum absolute atomic E-state index is 11.5. The van der Waals surface area contributed by atoms with Crippen molar-refractivity contribution in [3.63, 3.8) is 0 Å². The molecule has 0 amide bonds. The molecule has 0 aliphatic carbocycles. The van der Waals surface area contributed by atoms with Crippen LogP contribution in [0.1, 0.15) is 31.4 Å². The smallest absolute Gasteiger partial charge is 0.336 e. The number of rotatable bonds is 7. The molecule has 1 atom stereocenters. The topological polar surface area (TPSA) is 67.1 Å². The van der Waals surface area contributed by atoms with E-state index in [1.807, 2.05) is 32.0 Å². The Labute approximate surface area is 181 Å². The number of hydrogen-bond acceptors (Lipinski definition) is 6. The van der Waals surface area contributed by atoms with Gasteiger partial charge in [-0.2, -0.15) is 0 Å². The van der Waals surface area contributed by atoms with E-state index in [2.05, 4.69) is 6.07 Å². The summed E-state index contributed by atoms with van der Waals surface area (Å²) >= 11 is 0. The molecule has 6 heteroatoms. The van der Waals surface area contributed by atoms with Crippen LogP contribution >= 0.6 is 0 Å². The lowest BCUT2D eigenvalue weighted by Crippen LogP contribution is -2.48. The van der Waals surface area contributed by atoms with Crippen LogP contribution in [0.2, 0.25) is 0 Å². The molecular weight excluding hydrogens is 396 g/mol. The van der Waals surface area contributed by atoms with E-state index in [4.69, 9.17) is 23.4 Å². The third-order valence-corrected chi connectivity index (χ3v) is 5.73. The molecule has 3 aromatic rings. The van der Waals surface area contributed by atoms with Gasteiger partial charge in [-0.1, -0.05) is 6.07 Å². The molecule has 1 aromatic heterocycles. The van der Waals surface area contributed by atoms with Gasteiger partial charge in [0.15, 0.2) is 11.5 Å². The van der Waals surface area contributed by atoms with E-state index in [0.717, 1.165) is 47.5 Å². The molecule has 164 valence electrons. The van der Waals surface area contributed by atoms with Crippen LogP contribution in [0, 0.1) is 0 Å². The van der Waals surface area contributed by atoms with E-state index in [0.29, 0.717) is 12.2 Å². The van der Waals surface area contributed by atoms with Crippen LogP contribution in [0.25, 0.3) is 11.0 Å². The predicted octanol–water partition coefficient (Wildman–Crippen LogP) is 4.54. The Hall–Kier alpha value is -2.99. The fourth-order valence-electron chi connectivity index (χ4n) is 3.99. The monoisotopic (exact) mass is 424 g/mol. The van der Waals surface area contributed by atoms with Crippen LogP contribution in [0.4, 0.5) is 0 Å². The zero-order valence-corrected chi connectivity index (χ0v) is 18.4. The fraction of sp³-hybridized carbons (Fsp3) is 0.400. The van der Waals surface area contributed by atoms with Crippen LogP contribution in [0.3, 0.4) is 0 Å². The zero-order valence-electron chi connectivity index (χ0n) is 18.4. The highest BCUT2D eigenvalue weighted by atomic mass is 16.6. The largest absolute Gasteiger partial charge is 0.493 e. The number of ether oxygens (including phenoxy) is 4. The third-order valence-electron chi connectivity index (χ3n) is 5.73. The zero-order chi connectivity index (χ0) is 22.0. The van der Waals surface area contributed by atoms with E-state index in [1.54, 1.807) is 26.4 Å². The van der Waals surface area contributed by atoms with Crippen LogP contribution in [-0.4, -0.2) is 32.5 Å². The summed E-state index contributed by atoms with van der Waals surface area (Å²) in [5.41, 5.74) is 1.93. The third kappa shape index (κ3) is 4.54. The molecule has 0 spiro atoms. The van der Waals surface area contributed by atoms with Crippen molar-refractivity contribution < 1.29 is 23.4 Å². The molecule has 31 heavy (non-hydrogen) atoms. The van der Waals surface area contributed by atoms with Gasteiger partial charge < -0.3 is 23.4 Å². The molecule has 0 unspecified atom stereocenters. The minimum Gasteiger partial charge on any atom is -0.493 e. The predicted molar refractivity (Wildman–Crippen MR) is 119 cm³/mol. The van der Waals surface area contributed by atoms with Gasteiger partial charge in [-0.05, 0) is 62.1 Å². The lowest BCUT2D eigenvalue weighted by molar-refractivity contribution is -0.0839. The summed E-state index contributed by atoms with van der Waals surface area (Å²) in [7, 11) is 3.28. The molecule has 2 heterocycles. The highest BCUT2D eigenvalue weighted by Gasteiger charge is 2.38. The molecular formula is C25H28O6. The van der Waals surface area contributed by atoms with Crippen LogP contribution < -0.4 is 19.8 Å². The summed E-state index contributed by atoms with van der Waals surface area (Å²) in [6, 6.07) is 13.0. The van der Waals surface area contributed by atoms with Crippen molar-refractivity contribution in [2.45, 2.75) is 44.8 Å². The van der Waals surface area contributed by atoms with Gasteiger partial charge in [0.2, 0.25) is 0 Å². The van der Waals surface area contributed by atoms with Gasteiger partial charge in [0.05, 0.1) is 14.2 Å². The van der Waals surface area contributed by atoms with E-state index < -0.39 is 5.60 Å². The number of methoxy groups -OCH3 is 2. The van der Waals surface area contributed by atoms with Crippen molar-refractivity contribution in [1.29, 1.82) is 0 Å². The molecule has 0 radical (unpaired) electrons. The number of fused-ring (bicyclic) bond motifs is 2. The number of hydrogen-bond donors (Lipinski definition) is 0. The lowest BCUT2D eigenvalue weighted by Gasteiger charge is -2.39. The Bertz CT molecular complexity index is 1130. The van der Waals surface area contributed by atoms with Gasteiger partial charge in [-0.3, -0.25) is 0 Å². The summed E-state index contributed by atoms with van der Waals surface area (Å²) in [6.07, 6.45) is 2.44. The van der Waals surface area contributed by atoms with Crippen LogP contribution in [-0.2, 0) is 17.6 Å². The fourth-order valence-corrected chi connectivity index (χ4v) is 3.99. The summed E-state index contributed by atoms with van der Waals surface area (Å²) in [6.45, 7) is 4.68. The number of aryl methyl sites for hydroxylation is 1. The molecule has 0 N–H and O–H groups in total. The first-order chi connectivity index (χ1) is 14.9. The maximum Gasteiger partial charge on any atom is 0.336 e. The maximum atomic E-state index is 11.5. The van der Waals surface area contributed by atoms with Gasteiger partial charge >= 0.3 is 5.63 Å². The second kappa shape index (κ2) is 8.63. The summed E-state index contributed by atoms with van der Waals surface area (Å²) < 4.78 is 28.5. The molecule has 2 aromatic carbocycles. The summed E-state index contributed by atoms with van der Waals surface area (Å²) in [5.74, 6) is 2.22. The standard InChI is InChI=1S/C25H28O6/c1-25(2)23(29-11-5-6-16-7-9-19(27-3)22(12-16)28-4)14-18-13-17-8-10-24(26)30-20(17)15-21(18)31-25/h7-10,12-13,15,23H,5-6,11,14H2,1-4H3/t23-/m1/s1. The minimum atomic E-state index is -0.487. The average Bonchev–Trinajstić information content (AvgIpc) is 2.75. The molecule has 1 aliphatic heterocycles. The highest BCUT2D eigenvalue weighted by Crippen LogP contribution is 2.37. The Morgan fingerprint density at radius 2 is 1.84 bits per heavy atom. The van der Waals surface area contributed by atoms with Crippen molar-refractivity contribution in [3.8, 4) is 17.2 Å². The van der Waals surface area contributed by atoms with Crippen molar-refractivity contribution >= 4 is 11.0 Å². The Morgan fingerprint density at radius 3 is 2.61 bits per heavy atom. The lowest BCUT2D eigenvalue weighted by atomic mass is 9.90. The normalized spacial score (nSPS) is 17.1. The molecule has 6 nitrogen and oxygen atoms in total. The molecule has 0 fully saturated rings. The van der Waals surface area contributed by atoms with Crippen molar-refractivity contribution in [2.75, 3.05) is 20.8 Å². The minimum absolute atomic E-state index is 0.0708. The van der Waals surface area contributed by atoms with Crippen LogP contribution in [0.5, 0.6) is 17.2 Å². The molecule has 0 saturated heterocycles. The van der Waals surface area contributed by atoms with E-state index in [9.17, 15) is 4.79 Å². The van der Waals surface area contributed by atoms with E-state index >= 15 is 0 Å². The number of benzene rings is 2. The van der Waals surface area contributed by atoms with E-state index in [-0.39, 0.29) is 11.7 Å². The van der Waals surface area contributed by atoms with Crippen molar-refractivity contribution in [3.05, 3.63) is 64.0 Å². The first-order valence-corrected chi connectivity index (χ1v) is 10.5.